The van der Waals surface area contributed by atoms with Gasteiger partial charge in [0.1, 0.15) is 5.69 Å². The number of benzene rings is 5. The Balaban J connectivity index is 0.955. The summed E-state index contributed by atoms with van der Waals surface area (Å²) in [6.07, 6.45) is 0. The Morgan fingerprint density at radius 1 is 0.830 bits per heavy atom. The molecule has 0 spiro atoms. The topological polar surface area (TPSA) is 134 Å². The molecule has 13 heteroatoms. The standard InChI is InChI=1S/C40H39N5O6S2/c46-40(30-15-17-32(18-16-30)44-23-21-43(22-24-44)26-31-11-7-8-14-35(31)29-9-3-1-4-10-29)42-53(49,50)34-19-20-36(38(25-34)45(47)48)41-37-27-51-28-39(37)52-33-12-5-2-6-13-33/h1-20,25,37,39,41H,21-24,26-28H2,(H,42,46). The summed E-state index contributed by atoms with van der Waals surface area (Å²) >= 11 is 1.61. The van der Waals surface area contributed by atoms with Crippen LogP contribution in [0.15, 0.2) is 137 Å². The number of ether oxygens (including phenoxy) is 1. The lowest BCUT2D eigenvalue weighted by Gasteiger charge is -2.36. The molecule has 5 aromatic carbocycles. The predicted molar refractivity (Wildman–Crippen MR) is 208 cm³/mol. The number of piperazine rings is 1. The third kappa shape index (κ3) is 8.71. The molecule has 0 radical (unpaired) electrons. The van der Waals surface area contributed by atoms with E-state index in [4.69, 9.17) is 4.74 Å². The molecule has 2 aliphatic heterocycles. The van der Waals surface area contributed by atoms with Gasteiger partial charge in [0.2, 0.25) is 0 Å². The fraction of sp³-hybridized carbons (Fsp3) is 0.225. The summed E-state index contributed by atoms with van der Waals surface area (Å²) in [4.78, 5) is 29.9. The van der Waals surface area contributed by atoms with Gasteiger partial charge in [-0.05, 0) is 65.2 Å². The summed E-state index contributed by atoms with van der Waals surface area (Å²) in [5, 5.41) is 15.2. The molecule has 2 fully saturated rings. The van der Waals surface area contributed by atoms with Gasteiger partial charge in [-0.25, -0.2) is 13.1 Å². The van der Waals surface area contributed by atoms with E-state index in [1.54, 1.807) is 23.9 Å². The number of thioether (sulfide) groups is 1. The lowest BCUT2D eigenvalue weighted by Crippen LogP contribution is -2.46. The average Bonchev–Trinajstić information content (AvgIpc) is 3.61. The molecular weight excluding hydrogens is 711 g/mol. The second-order valence-electron chi connectivity index (χ2n) is 13.0. The van der Waals surface area contributed by atoms with Gasteiger partial charge in [0.25, 0.3) is 21.6 Å². The van der Waals surface area contributed by atoms with Crippen LogP contribution in [0.3, 0.4) is 0 Å². The summed E-state index contributed by atoms with van der Waals surface area (Å²) in [5.41, 5.74) is 4.57. The Morgan fingerprint density at radius 3 is 2.23 bits per heavy atom. The first-order chi connectivity index (χ1) is 25.7. The molecule has 2 atom stereocenters. The Bertz CT molecular complexity index is 2160. The maximum Gasteiger partial charge on any atom is 0.293 e. The quantitative estimate of drug-likeness (QED) is 0.105. The maximum atomic E-state index is 13.3. The first kappa shape index (κ1) is 36.2. The molecule has 2 unspecified atom stereocenters. The third-order valence-corrected chi connectivity index (χ3v) is 12.1. The number of nitro benzene ring substituents is 1. The third-order valence-electron chi connectivity index (χ3n) is 9.47. The van der Waals surface area contributed by atoms with E-state index in [1.165, 1.54) is 28.8 Å². The van der Waals surface area contributed by atoms with Gasteiger partial charge in [-0.15, -0.1) is 11.8 Å². The van der Waals surface area contributed by atoms with Crippen molar-refractivity contribution >= 4 is 44.8 Å². The minimum atomic E-state index is -4.42. The fourth-order valence-electron chi connectivity index (χ4n) is 6.64. The van der Waals surface area contributed by atoms with Crippen molar-refractivity contribution in [2.75, 3.05) is 49.6 Å². The normalized spacial score (nSPS) is 17.7. The zero-order valence-corrected chi connectivity index (χ0v) is 30.5. The number of hydrogen-bond donors (Lipinski definition) is 2. The highest BCUT2D eigenvalue weighted by molar-refractivity contribution is 8.00. The van der Waals surface area contributed by atoms with Gasteiger partial charge >= 0.3 is 0 Å². The van der Waals surface area contributed by atoms with Crippen molar-refractivity contribution in [2.45, 2.75) is 27.6 Å². The molecule has 7 rings (SSSR count). The van der Waals surface area contributed by atoms with Gasteiger partial charge in [-0.3, -0.25) is 19.8 Å². The van der Waals surface area contributed by atoms with Gasteiger partial charge in [0.05, 0.1) is 34.3 Å². The van der Waals surface area contributed by atoms with Crippen LogP contribution in [0.4, 0.5) is 17.1 Å². The van der Waals surface area contributed by atoms with Crippen molar-refractivity contribution < 1.29 is 22.9 Å². The molecule has 2 N–H and O–H groups in total. The molecule has 0 bridgehead atoms. The molecule has 11 nitrogen and oxygen atoms in total. The van der Waals surface area contributed by atoms with Crippen molar-refractivity contribution in [1.82, 2.24) is 9.62 Å². The smallest absolute Gasteiger partial charge is 0.293 e. The van der Waals surface area contributed by atoms with E-state index in [1.807, 2.05) is 48.5 Å². The minimum absolute atomic E-state index is 0.0102. The van der Waals surface area contributed by atoms with E-state index in [2.05, 4.69) is 68.4 Å². The fourth-order valence-corrected chi connectivity index (χ4v) is 8.77. The highest BCUT2D eigenvalue weighted by Gasteiger charge is 2.32. The maximum absolute atomic E-state index is 13.3. The summed E-state index contributed by atoms with van der Waals surface area (Å²) in [5.74, 6) is -0.827. The highest BCUT2D eigenvalue weighted by Crippen LogP contribution is 2.34. The van der Waals surface area contributed by atoms with Gasteiger partial charge in [0.15, 0.2) is 0 Å². The number of carbonyl (C=O) groups excluding carboxylic acids is 1. The highest BCUT2D eigenvalue weighted by atomic mass is 32.2. The van der Waals surface area contributed by atoms with E-state index in [9.17, 15) is 23.3 Å². The molecule has 53 heavy (non-hydrogen) atoms. The lowest BCUT2D eigenvalue weighted by atomic mass is 9.99. The van der Waals surface area contributed by atoms with Crippen molar-refractivity contribution in [3.63, 3.8) is 0 Å². The van der Waals surface area contributed by atoms with Crippen LogP contribution in [0.2, 0.25) is 0 Å². The Hall–Kier alpha value is -5.21. The molecule has 272 valence electrons. The van der Waals surface area contributed by atoms with Gasteiger partial charge in [0, 0.05) is 54.9 Å². The van der Waals surface area contributed by atoms with E-state index in [0.717, 1.165) is 49.4 Å². The number of amides is 1. The molecule has 0 aromatic heterocycles. The van der Waals surface area contributed by atoms with E-state index < -0.39 is 26.5 Å². The molecule has 1 amide bonds. The van der Waals surface area contributed by atoms with Gasteiger partial charge in [-0.1, -0.05) is 72.8 Å². The zero-order chi connectivity index (χ0) is 36.8. The van der Waals surface area contributed by atoms with E-state index >= 15 is 0 Å². The van der Waals surface area contributed by atoms with Crippen molar-refractivity contribution in [1.29, 1.82) is 0 Å². The number of carbonyl (C=O) groups is 1. The second-order valence-corrected chi connectivity index (χ2v) is 16.0. The molecule has 5 aromatic rings. The first-order valence-electron chi connectivity index (χ1n) is 17.4. The van der Waals surface area contributed by atoms with Crippen LogP contribution in [0, 0.1) is 10.1 Å². The van der Waals surface area contributed by atoms with Crippen molar-refractivity contribution in [2.24, 2.45) is 0 Å². The first-order valence-corrected chi connectivity index (χ1v) is 19.7. The monoisotopic (exact) mass is 749 g/mol. The molecule has 2 heterocycles. The number of sulfonamides is 1. The SMILES string of the molecule is O=C(NS(=O)(=O)c1ccc(NC2COCC2Sc2ccccc2)c([N+](=O)[O-])c1)c1ccc(N2CCN(Cc3ccccc3-c3ccccc3)CC2)cc1. The van der Waals surface area contributed by atoms with Crippen LogP contribution in [-0.2, 0) is 21.3 Å². The molecule has 2 aliphatic rings. The summed E-state index contributed by atoms with van der Waals surface area (Å²) < 4.78 is 34.3. The molecule has 0 aliphatic carbocycles. The van der Waals surface area contributed by atoms with Gasteiger partial charge < -0.3 is 15.0 Å². The summed E-state index contributed by atoms with van der Waals surface area (Å²) in [6, 6.07) is 38.8. The van der Waals surface area contributed by atoms with Crippen LogP contribution in [-0.4, -0.2) is 74.8 Å². The molecular formula is C40H39N5O6S2. The Kier molecular flexibility index (Phi) is 11.1. The van der Waals surface area contributed by atoms with Gasteiger partial charge in [-0.2, -0.15) is 0 Å². The number of nitrogens with one attached hydrogen (secondary N) is 2. The number of rotatable bonds is 12. The number of nitro groups is 1. The van der Waals surface area contributed by atoms with Crippen molar-refractivity contribution in [3.05, 3.63) is 149 Å². The number of hydrogen-bond acceptors (Lipinski definition) is 10. The average molecular weight is 750 g/mol. The van der Waals surface area contributed by atoms with Crippen LogP contribution in [0.5, 0.6) is 0 Å². The Labute approximate surface area is 313 Å². The van der Waals surface area contributed by atoms with E-state index in [-0.39, 0.29) is 27.4 Å². The lowest BCUT2D eigenvalue weighted by molar-refractivity contribution is -0.384. The summed E-state index contributed by atoms with van der Waals surface area (Å²) in [6.45, 7) is 4.99. The molecule has 0 saturated carbocycles. The van der Waals surface area contributed by atoms with Crippen LogP contribution < -0.4 is 14.9 Å². The number of nitrogens with zero attached hydrogens (tertiary/aromatic N) is 3. The predicted octanol–water partition coefficient (Wildman–Crippen LogP) is 6.67. The number of anilines is 2. The second kappa shape index (κ2) is 16.2. The summed E-state index contributed by atoms with van der Waals surface area (Å²) in [7, 11) is -4.42. The van der Waals surface area contributed by atoms with Crippen LogP contribution >= 0.6 is 11.8 Å². The minimum Gasteiger partial charge on any atom is -0.378 e. The van der Waals surface area contributed by atoms with Crippen molar-refractivity contribution in [3.8, 4) is 11.1 Å². The van der Waals surface area contributed by atoms with Crippen LogP contribution in [0.25, 0.3) is 11.1 Å². The van der Waals surface area contributed by atoms with E-state index in [0.29, 0.717) is 13.2 Å². The molecule has 2 saturated heterocycles. The Morgan fingerprint density at radius 2 is 1.51 bits per heavy atom. The van der Waals surface area contributed by atoms with Crippen LogP contribution in [0.1, 0.15) is 15.9 Å². The largest absolute Gasteiger partial charge is 0.378 e. The zero-order valence-electron chi connectivity index (χ0n) is 28.8.